The summed E-state index contributed by atoms with van der Waals surface area (Å²) in [4.78, 5) is 16.0. The molecule has 1 heterocycles. The van der Waals surface area contributed by atoms with Crippen LogP contribution in [0.4, 0.5) is 0 Å². The van der Waals surface area contributed by atoms with E-state index in [0.717, 1.165) is 6.54 Å². The number of carbonyl (C=O) groups excluding carboxylic acids is 1. The summed E-state index contributed by atoms with van der Waals surface area (Å²) in [5.74, 6) is 0.0579. The van der Waals surface area contributed by atoms with Crippen molar-refractivity contribution in [1.82, 2.24) is 4.98 Å². The fourth-order valence-electron chi connectivity index (χ4n) is 1.75. The summed E-state index contributed by atoms with van der Waals surface area (Å²) in [6, 6.07) is 10.2. The van der Waals surface area contributed by atoms with E-state index < -0.39 is 0 Å². The number of rotatable bonds is 4. The van der Waals surface area contributed by atoms with E-state index in [-0.39, 0.29) is 11.7 Å². The Kier molecular flexibility index (Phi) is 3.82. The Bertz CT molecular complexity index is 535. The van der Waals surface area contributed by atoms with Gasteiger partial charge in [-0.1, -0.05) is 44.2 Å². The molecule has 0 bridgehead atoms. The van der Waals surface area contributed by atoms with E-state index in [9.17, 15) is 4.79 Å². The van der Waals surface area contributed by atoms with Gasteiger partial charge >= 0.3 is 0 Å². The van der Waals surface area contributed by atoms with E-state index >= 15 is 0 Å². The van der Waals surface area contributed by atoms with Gasteiger partial charge in [0.05, 0.1) is 6.20 Å². The molecule has 18 heavy (non-hydrogen) atoms. The van der Waals surface area contributed by atoms with Gasteiger partial charge in [0.2, 0.25) is 0 Å². The Labute approximate surface area is 107 Å². The molecular weight excluding hydrogens is 224 g/mol. The highest BCUT2D eigenvalue weighted by molar-refractivity contribution is 5.95. The summed E-state index contributed by atoms with van der Waals surface area (Å²) >= 11 is 0. The molecule has 0 saturated heterocycles. The first kappa shape index (κ1) is 12.4. The minimum absolute atomic E-state index is 0.0231. The third-order valence-electron chi connectivity index (χ3n) is 2.74. The van der Waals surface area contributed by atoms with Gasteiger partial charge in [0, 0.05) is 11.5 Å². The molecule has 3 heteroatoms. The summed E-state index contributed by atoms with van der Waals surface area (Å²) in [5.41, 5.74) is 1.74. The van der Waals surface area contributed by atoms with Crippen LogP contribution in [-0.2, 0) is 6.54 Å². The van der Waals surface area contributed by atoms with Crippen LogP contribution in [0.2, 0.25) is 0 Å². The van der Waals surface area contributed by atoms with Gasteiger partial charge in [-0.05, 0) is 0 Å². The summed E-state index contributed by atoms with van der Waals surface area (Å²) in [6.07, 6.45) is 5.37. The Balaban J connectivity index is 2.20. The molecule has 0 aliphatic carbocycles. The maximum Gasteiger partial charge on any atom is 0.198 e. The van der Waals surface area contributed by atoms with Crippen molar-refractivity contribution in [1.29, 1.82) is 0 Å². The Morgan fingerprint density at radius 2 is 2.00 bits per heavy atom. The van der Waals surface area contributed by atoms with Crippen molar-refractivity contribution in [2.24, 2.45) is 5.92 Å². The largest absolute Gasteiger partial charge is 0.292 e. The van der Waals surface area contributed by atoms with Crippen molar-refractivity contribution in [2.75, 3.05) is 0 Å². The van der Waals surface area contributed by atoms with Crippen LogP contribution in [0.3, 0.4) is 0 Å². The molecule has 0 aliphatic rings. The summed E-state index contributed by atoms with van der Waals surface area (Å²) in [5, 5.41) is 0. The Morgan fingerprint density at radius 3 is 2.67 bits per heavy atom. The van der Waals surface area contributed by atoms with Crippen molar-refractivity contribution in [3.05, 3.63) is 60.2 Å². The van der Waals surface area contributed by atoms with Crippen LogP contribution in [0.15, 0.2) is 48.9 Å². The van der Waals surface area contributed by atoms with E-state index in [0.29, 0.717) is 5.69 Å². The van der Waals surface area contributed by atoms with Crippen LogP contribution >= 0.6 is 0 Å². The number of carbonyl (C=O) groups is 1. The molecule has 0 radical (unpaired) electrons. The molecule has 0 unspecified atom stereocenters. The first-order valence-electron chi connectivity index (χ1n) is 6.10. The second-order valence-electron chi connectivity index (χ2n) is 4.62. The van der Waals surface area contributed by atoms with Gasteiger partial charge in [-0.25, -0.2) is 4.98 Å². The highest BCUT2D eigenvalue weighted by Gasteiger charge is 2.15. The predicted molar refractivity (Wildman–Crippen MR) is 69.1 cm³/mol. The van der Waals surface area contributed by atoms with Crippen LogP contribution in [0.1, 0.15) is 29.9 Å². The third kappa shape index (κ3) is 3.00. The molecule has 2 rings (SSSR count). The Hall–Kier alpha value is -2.03. The maximum absolute atomic E-state index is 11.9. The molecule has 92 valence electrons. The zero-order chi connectivity index (χ0) is 13.0. The number of nitrogens with zero attached hydrogens (tertiary/aromatic N) is 2. The second kappa shape index (κ2) is 5.54. The molecule has 1 aromatic carbocycles. The molecule has 0 spiro atoms. The standard InChI is InChI=1S/C15H17N2O/c1-12(2)15(18)14-11-17(9-8-16-14)10-13-6-4-3-5-7-13/h3-9,11-12H,10H2,1-2H3/q+1. The lowest BCUT2D eigenvalue weighted by Crippen LogP contribution is -2.35. The van der Waals surface area contributed by atoms with E-state index in [2.05, 4.69) is 17.1 Å². The summed E-state index contributed by atoms with van der Waals surface area (Å²) in [7, 11) is 0. The molecule has 0 atom stereocenters. The van der Waals surface area contributed by atoms with Gasteiger partial charge < -0.3 is 0 Å². The van der Waals surface area contributed by atoms with Crippen molar-refractivity contribution in [2.45, 2.75) is 20.4 Å². The molecule has 0 amide bonds. The van der Waals surface area contributed by atoms with Crippen molar-refractivity contribution in [3.8, 4) is 0 Å². The predicted octanol–water partition coefficient (Wildman–Crippen LogP) is 2.26. The molecule has 0 aliphatic heterocycles. The van der Waals surface area contributed by atoms with Gasteiger partial charge in [0.1, 0.15) is 0 Å². The SMILES string of the molecule is CC(C)C(=O)c1c[n+](Cc2ccccc2)ccn1. The lowest BCUT2D eigenvalue weighted by atomic mass is 10.1. The average molecular weight is 241 g/mol. The van der Waals surface area contributed by atoms with Crippen LogP contribution < -0.4 is 4.57 Å². The van der Waals surface area contributed by atoms with E-state index in [1.165, 1.54) is 5.56 Å². The quantitative estimate of drug-likeness (QED) is 0.607. The van der Waals surface area contributed by atoms with Crippen LogP contribution in [0.25, 0.3) is 0 Å². The Morgan fingerprint density at radius 1 is 1.28 bits per heavy atom. The lowest BCUT2D eigenvalue weighted by molar-refractivity contribution is -0.689. The van der Waals surface area contributed by atoms with Gasteiger partial charge in [0.25, 0.3) is 0 Å². The zero-order valence-corrected chi connectivity index (χ0v) is 10.7. The van der Waals surface area contributed by atoms with Gasteiger partial charge in [-0.15, -0.1) is 0 Å². The molecule has 0 N–H and O–H groups in total. The third-order valence-corrected chi connectivity index (χ3v) is 2.74. The number of aromatic nitrogens is 2. The van der Waals surface area contributed by atoms with E-state index in [1.54, 1.807) is 6.20 Å². The fourth-order valence-corrected chi connectivity index (χ4v) is 1.75. The van der Waals surface area contributed by atoms with Crippen molar-refractivity contribution >= 4 is 5.78 Å². The van der Waals surface area contributed by atoms with Gasteiger partial charge in [-0.2, -0.15) is 4.57 Å². The number of Topliss-reactive ketones (excluding diaryl/α,β-unsaturated/α-hetero) is 1. The molecule has 3 nitrogen and oxygen atoms in total. The molecule has 0 fully saturated rings. The normalized spacial score (nSPS) is 10.6. The molecule has 2 aromatic rings. The monoisotopic (exact) mass is 241 g/mol. The summed E-state index contributed by atoms with van der Waals surface area (Å²) in [6.45, 7) is 4.53. The van der Waals surface area contributed by atoms with Crippen LogP contribution in [0, 0.1) is 5.92 Å². The van der Waals surface area contributed by atoms with Crippen LogP contribution in [0.5, 0.6) is 0 Å². The first-order valence-corrected chi connectivity index (χ1v) is 6.10. The van der Waals surface area contributed by atoms with E-state index in [4.69, 9.17) is 0 Å². The van der Waals surface area contributed by atoms with Gasteiger partial charge in [-0.3, -0.25) is 4.79 Å². The number of ketones is 1. The fraction of sp³-hybridized carbons (Fsp3) is 0.267. The number of hydrogen-bond donors (Lipinski definition) is 0. The highest BCUT2D eigenvalue weighted by atomic mass is 16.1. The minimum Gasteiger partial charge on any atom is -0.292 e. The molecule has 0 saturated carbocycles. The second-order valence-corrected chi connectivity index (χ2v) is 4.62. The van der Waals surface area contributed by atoms with E-state index in [1.807, 2.05) is 49.0 Å². The number of benzene rings is 1. The lowest BCUT2D eigenvalue weighted by Gasteiger charge is -2.02. The van der Waals surface area contributed by atoms with Crippen molar-refractivity contribution < 1.29 is 9.36 Å². The highest BCUT2D eigenvalue weighted by Crippen LogP contribution is 2.03. The maximum atomic E-state index is 11.9. The topological polar surface area (TPSA) is 33.8 Å². The van der Waals surface area contributed by atoms with Crippen molar-refractivity contribution in [3.63, 3.8) is 0 Å². The zero-order valence-electron chi connectivity index (χ0n) is 10.7. The van der Waals surface area contributed by atoms with Crippen LogP contribution in [-0.4, -0.2) is 10.8 Å². The van der Waals surface area contributed by atoms with Gasteiger partial charge in [0.15, 0.2) is 30.4 Å². The number of hydrogen-bond acceptors (Lipinski definition) is 2. The molecule has 1 aromatic heterocycles. The smallest absolute Gasteiger partial charge is 0.198 e. The average Bonchev–Trinajstić information content (AvgIpc) is 2.39. The molecular formula is C15H17N2O+. The minimum atomic E-state index is -0.0231. The summed E-state index contributed by atoms with van der Waals surface area (Å²) < 4.78 is 1.98. The first-order chi connectivity index (χ1) is 8.66.